The third-order valence-electron chi connectivity index (χ3n) is 2.95. The molecule has 1 heteroatoms. The topological polar surface area (TPSA) is 12.9 Å². The van der Waals surface area contributed by atoms with E-state index in [-0.39, 0.29) is 0 Å². The van der Waals surface area contributed by atoms with E-state index in [2.05, 4.69) is 23.0 Å². The Morgan fingerprint density at radius 2 is 1.61 bits per heavy atom. The largest absolute Gasteiger partial charge is 0.239 e. The number of terminal acetylenes is 1. The number of hydrogen-bond donors (Lipinski definition) is 0. The van der Waals surface area contributed by atoms with Gasteiger partial charge in [0.15, 0.2) is 0 Å². The van der Waals surface area contributed by atoms with Gasteiger partial charge < -0.3 is 0 Å². The maximum atomic E-state index is 5.57. The van der Waals surface area contributed by atoms with Crippen LogP contribution in [0.25, 0.3) is 22.0 Å². The van der Waals surface area contributed by atoms with E-state index in [0.717, 1.165) is 22.0 Å². The van der Waals surface area contributed by atoms with Crippen LogP contribution in [0, 0.1) is 12.3 Å². The summed E-state index contributed by atoms with van der Waals surface area (Å²) in [5.41, 5.74) is 3.74. The quantitative estimate of drug-likeness (QED) is 0.577. The summed E-state index contributed by atoms with van der Waals surface area (Å²) in [6.45, 7) is 0. The zero-order valence-corrected chi connectivity index (χ0v) is 9.80. The minimum atomic E-state index is 0.694. The van der Waals surface area contributed by atoms with Gasteiger partial charge in [0.05, 0.1) is 5.52 Å². The summed E-state index contributed by atoms with van der Waals surface area (Å²) in [4.78, 5) is 4.53. The molecule has 0 saturated carbocycles. The second-order valence-corrected chi connectivity index (χ2v) is 4.09. The molecule has 0 aliphatic heterocycles. The maximum Gasteiger partial charge on any atom is 0.121 e. The fourth-order valence-electron chi connectivity index (χ4n) is 2.06. The Balaban J connectivity index is 2.32. The molecule has 0 bridgehead atoms. The zero-order chi connectivity index (χ0) is 12.4. The van der Waals surface area contributed by atoms with E-state index in [0.29, 0.717) is 5.69 Å². The van der Waals surface area contributed by atoms with Crippen LogP contribution in [0.1, 0.15) is 5.69 Å². The molecule has 3 rings (SSSR count). The molecule has 0 aliphatic carbocycles. The second kappa shape index (κ2) is 4.35. The van der Waals surface area contributed by atoms with Gasteiger partial charge >= 0.3 is 0 Å². The first kappa shape index (κ1) is 10.6. The Morgan fingerprint density at radius 3 is 2.39 bits per heavy atom. The van der Waals surface area contributed by atoms with Gasteiger partial charge in [-0.1, -0.05) is 48.5 Å². The number of pyridine rings is 1. The lowest BCUT2D eigenvalue weighted by Crippen LogP contribution is -1.90. The minimum Gasteiger partial charge on any atom is -0.239 e. The van der Waals surface area contributed by atoms with E-state index in [1.165, 1.54) is 0 Å². The first-order valence-corrected chi connectivity index (χ1v) is 5.80. The smallest absolute Gasteiger partial charge is 0.121 e. The molecule has 1 aromatic heterocycles. The van der Waals surface area contributed by atoms with Crippen LogP contribution in [0.3, 0.4) is 0 Å². The fraction of sp³-hybridized carbons (Fsp3) is 0. The Bertz CT molecular complexity index is 736. The second-order valence-electron chi connectivity index (χ2n) is 4.09. The molecule has 0 spiro atoms. The van der Waals surface area contributed by atoms with Crippen molar-refractivity contribution in [2.45, 2.75) is 0 Å². The molecule has 0 aliphatic rings. The van der Waals surface area contributed by atoms with Crippen LogP contribution in [0.4, 0.5) is 0 Å². The number of fused-ring (bicyclic) bond motifs is 1. The van der Waals surface area contributed by atoms with Gasteiger partial charge in [-0.15, -0.1) is 6.42 Å². The summed E-state index contributed by atoms with van der Waals surface area (Å²) in [5, 5.41) is 1.11. The molecule has 3 aromatic rings. The first-order valence-electron chi connectivity index (χ1n) is 5.80. The number of benzene rings is 2. The van der Waals surface area contributed by atoms with Crippen molar-refractivity contribution in [3.05, 3.63) is 66.4 Å². The van der Waals surface area contributed by atoms with Gasteiger partial charge in [0.25, 0.3) is 0 Å². The van der Waals surface area contributed by atoms with Crippen LogP contribution in [0.5, 0.6) is 0 Å². The summed E-state index contributed by atoms with van der Waals surface area (Å²) >= 11 is 0. The molecule has 0 N–H and O–H groups in total. The highest BCUT2D eigenvalue weighted by atomic mass is 14.7. The van der Waals surface area contributed by atoms with Gasteiger partial charge in [-0.25, -0.2) is 4.98 Å². The summed E-state index contributed by atoms with van der Waals surface area (Å²) in [7, 11) is 0. The molecule has 0 saturated heterocycles. The third-order valence-corrected chi connectivity index (χ3v) is 2.95. The van der Waals surface area contributed by atoms with Gasteiger partial charge in [-0.3, -0.25) is 0 Å². The van der Waals surface area contributed by atoms with Crippen LogP contribution in [-0.2, 0) is 0 Å². The molecule has 0 atom stereocenters. The fourth-order valence-corrected chi connectivity index (χ4v) is 2.06. The molecule has 0 radical (unpaired) electrons. The highest BCUT2D eigenvalue weighted by Crippen LogP contribution is 2.25. The molecule has 84 valence electrons. The average molecular weight is 229 g/mol. The molecule has 18 heavy (non-hydrogen) atoms. The highest BCUT2D eigenvalue weighted by molar-refractivity contribution is 5.86. The van der Waals surface area contributed by atoms with Crippen molar-refractivity contribution in [3.8, 4) is 23.5 Å². The summed E-state index contributed by atoms with van der Waals surface area (Å²) < 4.78 is 0. The molecular weight excluding hydrogens is 218 g/mol. The molecule has 0 unspecified atom stereocenters. The number of nitrogens with zero attached hydrogens (tertiary/aromatic N) is 1. The Kier molecular flexibility index (Phi) is 2.55. The normalized spacial score (nSPS) is 10.2. The first-order chi connectivity index (χ1) is 8.88. The average Bonchev–Trinajstić information content (AvgIpc) is 2.46. The SMILES string of the molecule is C#Cc1nc2ccccc2cc1-c1ccccc1. The summed E-state index contributed by atoms with van der Waals surface area (Å²) in [5.74, 6) is 2.68. The van der Waals surface area contributed by atoms with E-state index in [1.807, 2.05) is 48.5 Å². The van der Waals surface area contributed by atoms with Crippen molar-refractivity contribution in [3.63, 3.8) is 0 Å². The molecule has 0 fully saturated rings. The van der Waals surface area contributed by atoms with E-state index in [1.54, 1.807) is 0 Å². The maximum absolute atomic E-state index is 5.57. The number of para-hydroxylation sites is 1. The van der Waals surface area contributed by atoms with Crippen molar-refractivity contribution in [2.24, 2.45) is 0 Å². The van der Waals surface area contributed by atoms with Crippen molar-refractivity contribution < 1.29 is 0 Å². The van der Waals surface area contributed by atoms with Crippen molar-refractivity contribution in [1.29, 1.82) is 0 Å². The third kappa shape index (κ3) is 1.74. The van der Waals surface area contributed by atoms with Crippen molar-refractivity contribution >= 4 is 10.9 Å². The monoisotopic (exact) mass is 229 g/mol. The van der Waals surface area contributed by atoms with E-state index >= 15 is 0 Å². The van der Waals surface area contributed by atoms with Gasteiger partial charge in [0.2, 0.25) is 0 Å². The molecule has 0 amide bonds. The predicted octanol–water partition coefficient (Wildman–Crippen LogP) is 3.88. The van der Waals surface area contributed by atoms with Crippen LogP contribution in [-0.4, -0.2) is 4.98 Å². The van der Waals surface area contributed by atoms with Gasteiger partial charge in [-0.2, -0.15) is 0 Å². The summed E-state index contributed by atoms with van der Waals surface area (Å²) in [6.07, 6.45) is 5.57. The van der Waals surface area contributed by atoms with E-state index < -0.39 is 0 Å². The lowest BCUT2D eigenvalue weighted by Gasteiger charge is -2.06. The van der Waals surface area contributed by atoms with Crippen LogP contribution < -0.4 is 0 Å². The standard InChI is InChI=1S/C17H11N/c1-2-16-15(13-8-4-3-5-9-13)12-14-10-6-7-11-17(14)18-16/h1,3-12H. The molecule has 1 nitrogen and oxygen atoms in total. The van der Waals surface area contributed by atoms with Crippen LogP contribution in [0.2, 0.25) is 0 Å². The molecular formula is C17H11N. The Morgan fingerprint density at radius 1 is 0.889 bits per heavy atom. The number of hydrogen-bond acceptors (Lipinski definition) is 1. The van der Waals surface area contributed by atoms with Crippen LogP contribution in [0.15, 0.2) is 60.7 Å². The predicted molar refractivity (Wildman–Crippen MR) is 75.1 cm³/mol. The molecule has 1 heterocycles. The van der Waals surface area contributed by atoms with Gasteiger partial charge in [0, 0.05) is 10.9 Å². The van der Waals surface area contributed by atoms with Gasteiger partial charge in [0.1, 0.15) is 5.69 Å². The highest BCUT2D eigenvalue weighted by Gasteiger charge is 2.06. The number of aromatic nitrogens is 1. The lowest BCUT2D eigenvalue weighted by atomic mass is 10.0. The summed E-state index contributed by atoms with van der Waals surface area (Å²) in [6, 6.07) is 20.2. The lowest BCUT2D eigenvalue weighted by molar-refractivity contribution is 1.36. The van der Waals surface area contributed by atoms with Crippen LogP contribution >= 0.6 is 0 Å². The molecule has 2 aromatic carbocycles. The Labute approximate surface area is 106 Å². The zero-order valence-electron chi connectivity index (χ0n) is 9.80. The van der Waals surface area contributed by atoms with E-state index in [9.17, 15) is 0 Å². The minimum absolute atomic E-state index is 0.694. The Hall–Kier alpha value is -2.59. The van der Waals surface area contributed by atoms with Gasteiger partial charge in [-0.05, 0) is 23.6 Å². The van der Waals surface area contributed by atoms with Crippen molar-refractivity contribution in [2.75, 3.05) is 0 Å². The number of rotatable bonds is 1. The van der Waals surface area contributed by atoms with Crippen molar-refractivity contribution in [1.82, 2.24) is 4.98 Å². The van der Waals surface area contributed by atoms with E-state index in [4.69, 9.17) is 6.42 Å².